The molecule has 0 aromatic heterocycles. The maximum atomic E-state index is 13.1. The Morgan fingerprint density at radius 3 is 2.61 bits per heavy atom. The quantitative estimate of drug-likeness (QED) is 0.438. The van der Waals surface area contributed by atoms with E-state index in [-0.39, 0.29) is 18.1 Å². The molecule has 162 valence electrons. The number of ether oxygens (including phenoxy) is 2. The van der Waals surface area contributed by atoms with Gasteiger partial charge in [-0.05, 0) is 63.3 Å². The smallest absolute Gasteiger partial charge is 0.295 e. The van der Waals surface area contributed by atoms with Gasteiger partial charge in [0.05, 0.1) is 11.6 Å². The third-order valence-electron chi connectivity index (χ3n) is 5.67. The minimum Gasteiger partial charge on any atom is -0.507 e. The first-order chi connectivity index (χ1) is 14.9. The van der Waals surface area contributed by atoms with Crippen LogP contribution < -0.4 is 9.47 Å². The molecule has 1 amide bonds. The highest BCUT2D eigenvalue weighted by Crippen LogP contribution is 2.42. The summed E-state index contributed by atoms with van der Waals surface area (Å²) >= 11 is 0. The molecule has 0 bridgehead atoms. The maximum Gasteiger partial charge on any atom is 0.295 e. The molecule has 2 heterocycles. The number of rotatable bonds is 6. The van der Waals surface area contributed by atoms with E-state index in [2.05, 4.69) is 0 Å². The van der Waals surface area contributed by atoms with E-state index in [0.717, 1.165) is 17.7 Å². The lowest BCUT2D eigenvalue weighted by atomic mass is 9.92. The van der Waals surface area contributed by atoms with Crippen LogP contribution in [0.3, 0.4) is 0 Å². The highest BCUT2D eigenvalue weighted by atomic mass is 16.7. The van der Waals surface area contributed by atoms with Crippen molar-refractivity contribution in [2.75, 3.05) is 34.0 Å². The molecule has 2 aliphatic heterocycles. The molecule has 1 saturated heterocycles. The van der Waals surface area contributed by atoms with E-state index < -0.39 is 17.7 Å². The van der Waals surface area contributed by atoms with Crippen LogP contribution in [0.2, 0.25) is 0 Å². The van der Waals surface area contributed by atoms with Gasteiger partial charge < -0.3 is 24.4 Å². The largest absolute Gasteiger partial charge is 0.507 e. The molecule has 31 heavy (non-hydrogen) atoms. The SMILES string of the molecule is Cc1ccccc1C1/C(=C(\O)c2ccc3c(c2)OCO3)C(=O)C(=O)N1CCCN(C)C. The zero-order valence-electron chi connectivity index (χ0n) is 17.9. The molecule has 1 fully saturated rings. The number of Topliss-reactive ketones (excluding diaryl/α,β-unsaturated/α-hetero) is 1. The molecule has 2 aromatic rings. The van der Waals surface area contributed by atoms with Crippen LogP contribution in [0.1, 0.15) is 29.2 Å². The number of aliphatic hydroxyl groups excluding tert-OH is 1. The number of carbonyl (C=O) groups is 2. The molecule has 4 rings (SSSR count). The number of aryl methyl sites for hydroxylation is 1. The highest BCUT2D eigenvalue weighted by molar-refractivity contribution is 6.46. The Morgan fingerprint density at radius 1 is 1.13 bits per heavy atom. The molecule has 0 radical (unpaired) electrons. The fourth-order valence-electron chi connectivity index (χ4n) is 4.08. The Labute approximate surface area is 181 Å². The number of benzene rings is 2. The molecule has 2 aromatic carbocycles. The van der Waals surface area contributed by atoms with Crippen molar-refractivity contribution in [1.82, 2.24) is 9.80 Å². The molecule has 0 spiro atoms. The van der Waals surface area contributed by atoms with E-state index >= 15 is 0 Å². The summed E-state index contributed by atoms with van der Waals surface area (Å²) in [7, 11) is 3.93. The van der Waals surface area contributed by atoms with Gasteiger partial charge in [-0.15, -0.1) is 0 Å². The molecule has 2 aliphatic rings. The lowest BCUT2D eigenvalue weighted by molar-refractivity contribution is -0.139. The number of likely N-dealkylation sites (tertiary alicyclic amines) is 1. The Balaban J connectivity index is 1.80. The number of ketones is 1. The third kappa shape index (κ3) is 3.88. The highest BCUT2D eigenvalue weighted by Gasteiger charge is 2.46. The van der Waals surface area contributed by atoms with E-state index in [1.165, 1.54) is 0 Å². The van der Waals surface area contributed by atoms with E-state index in [4.69, 9.17) is 9.47 Å². The van der Waals surface area contributed by atoms with Gasteiger partial charge in [0, 0.05) is 12.1 Å². The predicted molar refractivity (Wildman–Crippen MR) is 116 cm³/mol. The molecule has 1 unspecified atom stereocenters. The average Bonchev–Trinajstić information content (AvgIpc) is 3.31. The van der Waals surface area contributed by atoms with Crippen LogP contribution in [0, 0.1) is 6.92 Å². The Kier molecular flexibility index (Phi) is 5.69. The zero-order chi connectivity index (χ0) is 22.1. The van der Waals surface area contributed by atoms with Crippen molar-refractivity contribution in [3.05, 3.63) is 64.7 Å². The molecule has 7 heteroatoms. The molecule has 7 nitrogen and oxygen atoms in total. The van der Waals surface area contributed by atoms with Crippen LogP contribution in [-0.2, 0) is 9.59 Å². The summed E-state index contributed by atoms with van der Waals surface area (Å²) in [6.07, 6.45) is 0.715. The third-order valence-corrected chi connectivity index (χ3v) is 5.67. The van der Waals surface area contributed by atoms with Crippen molar-refractivity contribution in [2.24, 2.45) is 0 Å². The van der Waals surface area contributed by atoms with Crippen LogP contribution in [-0.4, -0.2) is 60.6 Å². The zero-order valence-corrected chi connectivity index (χ0v) is 17.9. The number of hydrogen-bond acceptors (Lipinski definition) is 6. The number of fused-ring (bicyclic) bond motifs is 1. The first-order valence-corrected chi connectivity index (χ1v) is 10.3. The Hall–Kier alpha value is -3.32. The van der Waals surface area contributed by atoms with Gasteiger partial charge in [0.2, 0.25) is 6.79 Å². The summed E-state index contributed by atoms with van der Waals surface area (Å²) in [6, 6.07) is 12.0. The fraction of sp³-hybridized carbons (Fsp3) is 0.333. The van der Waals surface area contributed by atoms with Gasteiger partial charge in [-0.2, -0.15) is 0 Å². The Bertz CT molecular complexity index is 1060. The summed E-state index contributed by atoms with van der Waals surface area (Å²) < 4.78 is 10.7. The Morgan fingerprint density at radius 2 is 1.87 bits per heavy atom. The molecule has 0 saturated carbocycles. The second kappa shape index (κ2) is 8.43. The average molecular weight is 422 g/mol. The van der Waals surface area contributed by atoms with Gasteiger partial charge in [0.15, 0.2) is 11.5 Å². The number of carbonyl (C=O) groups excluding carboxylic acids is 2. The number of nitrogens with zero attached hydrogens (tertiary/aromatic N) is 2. The minimum absolute atomic E-state index is 0.100. The van der Waals surface area contributed by atoms with Crippen LogP contribution in [0.25, 0.3) is 5.76 Å². The van der Waals surface area contributed by atoms with Crippen molar-refractivity contribution >= 4 is 17.4 Å². The first kappa shape index (κ1) is 20.9. The summed E-state index contributed by atoms with van der Waals surface area (Å²) in [6.45, 7) is 3.25. The number of hydrogen-bond donors (Lipinski definition) is 1. The van der Waals surface area contributed by atoms with E-state index in [1.54, 1.807) is 23.1 Å². The number of aliphatic hydroxyl groups is 1. The van der Waals surface area contributed by atoms with Crippen molar-refractivity contribution in [2.45, 2.75) is 19.4 Å². The van der Waals surface area contributed by atoms with E-state index in [1.807, 2.05) is 50.2 Å². The van der Waals surface area contributed by atoms with Crippen LogP contribution in [0.15, 0.2) is 48.0 Å². The van der Waals surface area contributed by atoms with Crippen molar-refractivity contribution in [3.63, 3.8) is 0 Å². The van der Waals surface area contributed by atoms with Crippen molar-refractivity contribution in [1.29, 1.82) is 0 Å². The van der Waals surface area contributed by atoms with E-state index in [9.17, 15) is 14.7 Å². The fourth-order valence-corrected chi connectivity index (χ4v) is 4.08. The normalized spacial score (nSPS) is 19.5. The molecule has 1 atom stereocenters. The summed E-state index contributed by atoms with van der Waals surface area (Å²) in [5.41, 5.74) is 2.29. The lowest BCUT2D eigenvalue weighted by Crippen LogP contribution is -2.32. The summed E-state index contributed by atoms with van der Waals surface area (Å²) in [4.78, 5) is 29.7. The standard InChI is InChI=1S/C24H26N2O5/c1-15-7-4-5-8-17(15)21-20(23(28)24(29)26(21)12-6-11-25(2)3)22(27)16-9-10-18-19(13-16)31-14-30-18/h4-5,7-10,13,21,27H,6,11-12,14H2,1-3H3/b22-20+. The van der Waals surface area contributed by atoms with Crippen LogP contribution >= 0.6 is 0 Å². The second-order valence-corrected chi connectivity index (χ2v) is 8.07. The molecule has 0 aliphatic carbocycles. The van der Waals surface area contributed by atoms with Gasteiger partial charge in [-0.1, -0.05) is 24.3 Å². The monoisotopic (exact) mass is 422 g/mol. The minimum atomic E-state index is -0.673. The van der Waals surface area contributed by atoms with Crippen molar-refractivity contribution < 1.29 is 24.2 Å². The van der Waals surface area contributed by atoms with Crippen molar-refractivity contribution in [3.8, 4) is 11.5 Å². The van der Waals surface area contributed by atoms with Crippen LogP contribution in [0.4, 0.5) is 0 Å². The van der Waals surface area contributed by atoms with E-state index in [0.29, 0.717) is 30.0 Å². The van der Waals surface area contributed by atoms with Gasteiger partial charge in [-0.3, -0.25) is 9.59 Å². The lowest BCUT2D eigenvalue weighted by Gasteiger charge is -2.27. The number of amides is 1. The first-order valence-electron chi connectivity index (χ1n) is 10.3. The molecular formula is C24H26N2O5. The topological polar surface area (TPSA) is 79.3 Å². The summed E-state index contributed by atoms with van der Waals surface area (Å²) in [5, 5.41) is 11.2. The predicted octanol–water partition coefficient (Wildman–Crippen LogP) is 3.10. The summed E-state index contributed by atoms with van der Waals surface area (Å²) in [5.74, 6) is -0.393. The molecular weight excluding hydrogens is 396 g/mol. The van der Waals surface area contributed by atoms with Gasteiger partial charge in [-0.25, -0.2) is 0 Å². The van der Waals surface area contributed by atoms with Gasteiger partial charge in [0.25, 0.3) is 11.7 Å². The second-order valence-electron chi connectivity index (χ2n) is 8.07. The van der Waals surface area contributed by atoms with Gasteiger partial charge in [0.1, 0.15) is 5.76 Å². The van der Waals surface area contributed by atoms with Crippen LogP contribution in [0.5, 0.6) is 11.5 Å². The maximum absolute atomic E-state index is 13.1. The molecule has 1 N–H and O–H groups in total. The van der Waals surface area contributed by atoms with Gasteiger partial charge >= 0.3 is 0 Å².